The molecule has 1 aromatic heterocycles. The molecule has 0 bridgehead atoms. The summed E-state index contributed by atoms with van der Waals surface area (Å²) in [5, 5.41) is 0. The van der Waals surface area contributed by atoms with E-state index < -0.39 is 12.1 Å². The van der Waals surface area contributed by atoms with Crippen molar-refractivity contribution in [3.63, 3.8) is 0 Å². The van der Waals surface area contributed by atoms with Crippen molar-refractivity contribution in [3.8, 4) is 0 Å². The Hall–Kier alpha value is -2.31. The number of nitrogens with two attached hydrogens (primary N) is 2. The van der Waals surface area contributed by atoms with E-state index >= 15 is 0 Å². The van der Waals surface area contributed by atoms with E-state index in [0.29, 0.717) is 11.4 Å². The van der Waals surface area contributed by atoms with Crippen LogP contribution in [-0.4, -0.2) is 23.7 Å². The first-order valence-electron chi connectivity index (χ1n) is 4.19. The van der Waals surface area contributed by atoms with Crippen LogP contribution < -0.4 is 21.3 Å². The zero-order chi connectivity index (χ0) is 11.0. The van der Waals surface area contributed by atoms with Gasteiger partial charge in [0.25, 0.3) is 0 Å². The van der Waals surface area contributed by atoms with Crippen molar-refractivity contribution < 1.29 is 9.59 Å². The fourth-order valence-corrected chi connectivity index (χ4v) is 1.49. The van der Waals surface area contributed by atoms with Crippen LogP contribution in [0.2, 0.25) is 0 Å². The lowest BCUT2D eigenvalue weighted by molar-refractivity contribution is 0.252. The number of urea groups is 2. The average molecular weight is 207 g/mol. The standard InChI is InChI=1S/C8H9N5O2/c9-7(14)12-4-13(8(10)15)6-3-11-2-1-5(6)12/h1-3H,4H2,(H2,9,14)(H2,10,15). The first-order valence-corrected chi connectivity index (χ1v) is 4.19. The number of fused-ring (bicyclic) bond motifs is 1. The summed E-state index contributed by atoms with van der Waals surface area (Å²) in [5.41, 5.74) is 11.3. The number of amides is 4. The maximum Gasteiger partial charge on any atom is 0.320 e. The topological polar surface area (TPSA) is 106 Å². The molecule has 2 rings (SSSR count). The Morgan fingerprint density at radius 3 is 2.40 bits per heavy atom. The lowest BCUT2D eigenvalue weighted by atomic mass is 10.3. The molecule has 0 saturated carbocycles. The van der Waals surface area contributed by atoms with Crippen LogP contribution in [0.25, 0.3) is 0 Å². The van der Waals surface area contributed by atoms with E-state index in [1.54, 1.807) is 6.07 Å². The lowest BCUT2D eigenvalue weighted by Gasteiger charge is -2.14. The van der Waals surface area contributed by atoms with Crippen LogP contribution in [-0.2, 0) is 0 Å². The fraction of sp³-hybridized carbons (Fsp3) is 0.125. The van der Waals surface area contributed by atoms with E-state index in [0.717, 1.165) is 0 Å². The first kappa shape index (κ1) is 9.25. The molecule has 0 saturated heterocycles. The van der Waals surface area contributed by atoms with Gasteiger partial charge in [-0.15, -0.1) is 0 Å². The Bertz CT molecular complexity index is 394. The van der Waals surface area contributed by atoms with Crippen molar-refractivity contribution in [2.45, 2.75) is 0 Å². The highest BCUT2D eigenvalue weighted by Gasteiger charge is 2.31. The number of nitrogens with zero attached hydrogens (tertiary/aromatic N) is 3. The van der Waals surface area contributed by atoms with Crippen LogP contribution in [0, 0.1) is 0 Å². The molecule has 15 heavy (non-hydrogen) atoms. The number of hydrogen-bond acceptors (Lipinski definition) is 3. The third kappa shape index (κ3) is 1.33. The van der Waals surface area contributed by atoms with Crippen molar-refractivity contribution in [2.75, 3.05) is 16.5 Å². The molecule has 0 aromatic carbocycles. The third-order valence-corrected chi connectivity index (χ3v) is 2.17. The molecule has 4 amide bonds. The molecule has 1 aliphatic rings. The summed E-state index contributed by atoms with van der Waals surface area (Å²) in [6, 6.07) is 0.322. The molecule has 0 spiro atoms. The summed E-state index contributed by atoms with van der Waals surface area (Å²) in [4.78, 5) is 28.5. The molecular formula is C8H9N5O2. The minimum absolute atomic E-state index is 0.0334. The molecule has 0 unspecified atom stereocenters. The van der Waals surface area contributed by atoms with Gasteiger partial charge >= 0.3 is 12.1 Å². The summed E-state index contributed by atoms with van der Waals surface area (Å²) < 4.78 is 0. The van der Waals surface area contributed by atoms with Crippen molar-refractivity contribution in [1.29, 1.82) is 0 Å². The molecule has 4 N–H and O–H groups in total. The maximum absolute atomic E-state index is 11.1. The Morgan fingerprint density at radius 1 is 1.20 bits per heavy atom. The van der Waals surface area contributed by atoms with Crippen molar-refractivity contribution in [1.82, 2.24) is 4.98 Å². The molecule has 7 heteroatoms. The second-order valence-electron chi connectivity index (χ2n) is 3.04. The van der Waals surface area contributed by atoms with Gasteiger partial charge in [-0.05, 0) is 6.07 Å². The molecule has 1 aromatic rings. The summed E-state index contributed by atoms with van der Waals surface area (Å²) in [6.07, 6.45) is 2.97. The number of primary amides is 2. The quantitative estimate of drug-likeness (QED) is 0.616. The predicted molar refractivity (Wildman–Crippen MR) is 53.2 cm³/mol. The van der Waals surface area contributed by atoms with Crippen LogP contribution in [0.1, 0.15) is 0 Å². The van der Waals surface area contributed by atoms with Gasteiger partial charge < -0.3 is 11.5 Å². The third-order valence-electron chi connectivity index (χ3n) is 2.17. The lowest BCUT2D eigenvalue weighted by Crippen LogP contribution is -2.43. The molecule has 2 heterocycles. The Labute approximate surface area is 85.3 Å². The van der Waals surface area contributed by atoms with Crippen molar-refractivity contribution >= 4 is 23.4 Å². The van der Waals surface area contributed by atoms with Gasteiger partial charge in [-0.2, -0.15) is 0 Å². The van der Waals surface area contributed by atoms with E-state index in [1.165, 1.54) is 22.2 Å². The van der Waals surface area contributed by atoms with Crippen molar-refractivity contribution in [2.24, 2.45) is 11.5 Å². The van der Waals surface area contributed by atoms with Gasteiger partial charge in [-0.1, -0.05) is 0 Å². The highest BCUT2D eigenvalue weighted by atomic mass is 16.2. The van der Waals surface area contributed by atoms with Crippen LogP contribution in [0.5, 0.6) is 0 Å². The number of carbonyl (C=O) groups is 2. The van der Waals surface area contributed by atoms with Gasteiger partial charge in [0.1, 0.15) is 6.67 Å². The van der Waals surface area contributed by atoms with E-state index in [9.17, 15) is 9.59 Å². The Kier molecular flexibility index (Phi) is 1.93. The van der Waals surface area contributed by atoms with Crippen LogP contribution in [0.3, 0.4) is 0 Å². The highest BCUT2D eigenvalue weighted by molar-refractivity contribution is 6.05. The zero-order valence-corrected chi connectivity index (χ0v) is 7.75. The molecule has 0 aliphatic carbocycles. The summed E-state index contributed by atoms with van der Waals surface area (Å²) in [7, 11) is 0. The van der Waals surface area contributed by atoms with Crippen LogP contribution >= 0.6 is 0 Å². The zero-order valence-electron chi connectivity index (χ0n) is 7.75. The summed E-state index contributed by atoms with van der Waals surface area (Å²) >= 11 is 0. The second kappa shape index (κ2) is 3.12. The van der Waals surface area contributed by atoms with E-state index in [1.807, 2.05) is 0 Å². The minimum Gasteiger partial charge on any atom is -0.351 e. The van der Waals surface area contributed by atoms with Gasteiger partial charge in [-0.25, -0.2) is 9.59 Å². The summed E-state index contributed by atoms with van der Waals surface area (Å²) in [5.74, 6) is 0. The molecule has 78 valence electrons. The van der Waals surface area contributed by atoms with Crippen LogP contribution in [0.15, 0.2) is 18.5 Å². The van der Waals surface area contributed by atoms with E-state index in [2.05, 4.69) is 4.98 Å². The van der Waals surface area contributed by atoms with E-state index in [-0.39, 0.29) is 6.67 Å². The number of carbonyl (C=O) groups excluding carboxylic acids is 2. The van der Waals surface area contributed by atoms with Gasteiger partial charge in [0, 0.05) is 6.20 Å². The van der Waals surface area contributed by atoms with Crippen molar-refractivity contribution in [3.05, 3.63) is 18.5 Å². The second-order valence-corrected chi connectivity index (χ2v) is 3.04. The largest absolute Gasteiger partial charge is 0.351 e. The number of aromatic nitrogens is 1. The number of anilines is 2. The average Bonchev–Trinajstić information content (AvgIpc) is 2.56. The van der Waals surface area contributed by atoms with Gasteiger partial charge in [0.2, 0.25) is 0 Å². The molecule has 0 atom stereocenters. The Balaban J connectivity index is 2.48. The summed E-state index contributed by atoms with van der Waals surface area (Å²) in [6.45, 7) is 0.0334. The monoisotopic (exact) mass is 207 g/mol. The normalized spacial score (nSPS) is 13.9. The van der Waals surface area contributed by atoms with Gasteiger partial charge in [-0.3, -0.25) is 14.8 Å². The fourth-order valence-electron chi connectivity index (χ4n) is 1.49. The number of rotatable bonds is 0. The molecule has 0 radical (unpaired) electrons. The number of hydrogen-bond donors (Lipinski definition) is 2. The predicted octanol–water partition coefficient (Wildman–Crippen LogP) is -0.177. The number of pyridine rings is 1. The first-order chi connectivity index (χ1) is 7.11. The van der Waals surface area contributed by atoms with Gasteiger partial charge in [0.15, 0.2) is 0 Å². The molecular weight excluding hydrogens is 198 g/mol. The maximum atomic E-state index is 11.1. The smallest absolute Gasteiger partial charge is 0.320 e. The highest BCUT2D eigenvalue weighted by Crippen LogP contribution is 2.34. The Morgan fingerprint density at radius 2 is 1.80 bits per heavy atom. The van der Waals surface area contributed by atoms with Gasteiger partial charge in [0.05, 0.1) is 17.6 Å². The molecule has 0 fully saturated rings. The minimum atomic E-state index is -0.645. The van der Waals surface area contributed by atoms with E-state index in [4.69, 9.17) is 11.5 Å². The molecule has 1 aliphatic heterocycles. The molecule has 7 nitrogen and oxygen atoms in total. The van der Waals surface area contributed by atoms with Crippen LogP contribution in [0.4, 0.5) is 21.0 Å². The SMILES string of the molecule is NC(=O)N1CN(C(N)=O)c2cnccc21.